The van der Waals surface area contributed by atoms with Crippen molar-refractivity contribution in [2.75, 3.05) is 45.1 Å². The summed E-state index contributed by atoms with van der Waals surface area (Å²) < 4.78 is 5.85. The van der Waals surface area contributed by atoms with Gasteiger partial charge in [0.1, 0.15) is 0 Å². The number of hydrogen-bond donors (Lipinski definition) is 1. The lowest BCUT2D eigenvalue weighted by atomic mass is 9.93. The van der Waals surface area contributed by atoms with E-state index in [9.17, 15) is 0 Å². The first kappa shape index (κ1) is 17.9. The minimum absolute atomic E-state index is 0.281. The number of aliphatic imine (C=N–C) groups is 1. The number of guanidine groups is 1. The number of nitrogens with one attached hydrogen (secondary N) is 1. The maximum absolute atomic E-state index is 5.56. The average Bonchev–Trinajstić information content (AvgIpc) is 2.85. The molecule has 0 unspecified atom stereocenters. The number of hydrogen-bond acceptors (Lipinski definition) is 3. The molecule has 2 aliphatic heterocycles. The second-order valence-corrected chi connectivity index (χ2v) is 8.97. The molecule has 5 heteroatoms. The summed E-state index contributed by atoms with van der Waals surface area (Å²) in [5.74, 6) is 2.26. The maximum atomic E-state index is 5.56. The van der Waals surface area contributed by atoms with Gasteiger partial charge < -0.3 is 15.0 Å². The number of nitrogens with zero attached hydrogens (tertiary/aromatic N) is 2. The van der Waals surface area contributed by atoms with Crippen molar-refractivity contribution in [2.24, 2.45) is 10.4 Å². The van der Waals surface area contributed by atoms with Crippen molar-refractivity contribution in [1.29, 1.82) is 0 Å². The highest BCUT2D eigenvalue weighted by atomic mass is 32.2. The predicted molar refractivity (Wildman–Crippen MR) is 96.9 cm³/mol. The summed E-state index contributed by atoms with van der Waals surface area (Å²) in [7, 11) is 0. The van der Waals surface area contributed by atoms with Gasteiger partial charge in [0.15, 0.2) is 5.96 Å². The molecule has 4 nitrogen and oxygen atoms in total. The molecule has 2 aliphatic rings. The molecule has 128 valence electrons. The van der Waals surface area contributed by atoms with E-state index >= 15 is 0 Å². The van der Waals surface area contributed by atoms with Crippen LogP contribution in [0.15, 0.2) is 4.99 Å². The van der Waals surface area contributed by atoms with Gasteiger partial charge in [-0.2, -0.15) is 11.8 Å². The van der Waals surface area contributed by atoms with Gasteiger partial charge in [0.25, 0.3) is 0 Å². The summed E-state index contributed by atoms with van der Waals surface area (Å²) in [6.07, 6.45) is 3.50. The summed E-state index contributed by atoms with van der Waals surface area (Å²) in [6, 6.07) is 0. The third kappa shape index (κ3) is 4.79. The molecule has 0 amide bonds. The van der Waals surface area contributed by atoms with Crippen molar-refractivity contribution >= 4 is 17.7 Å². The van der Waals surface area contributed by atoms with E-state index in [1.807, 2.05) is 0 Å². The van der Waals surface area contributed by atoms with Gasteiger partial charge in [-0.05, 0) is 37.4 Å². The Morgan fingerprint density at radius 1 is 1.23 bits per heavy atom. The van der Waals surface area contributed by atoms with Gasteiger partial charge in [-0.25, -0.2) is 0 Å². The molecule has 0 atom stereocenters. The van der Waals surface area contributed by atoms with Gasteiger partial charge in [0, 0.05) is 37.6 Å². The lowest BCUT2D eigenvalue weighted by molar-refractivity contribution is 0.0793. The van der Waals surface area contributed by atoms with E-state index in [4.69, 9.17) is 9.73 Å². The quantitative estimate of drug-likeness (QED) is 0.622. The molecule has 2 rings (SSSR count). The highest BCUT2D eigenvalue weighted by Crippen LogP contribution is 2.36. The van der Waals surface area contributed by atoms with Crippen LogP contribution in [0.5, 0.6) is 0 Å². The Morgan fingerprint density at radius 3 is 2.50 bits per heavy atom. The minimum atomic E-state index is 0.281. The first-order valence-corrected chi connectivity index (χ1v) is 9.74. The zero-order valence-corrected chi connectivity index (χ0v) is 15.6. The minimum Gasteiger partial charge on any atom is -0.381 e. The lowest BCUT2D eigenvalue weighted by Gasteiger charge is -2.35. The summed E-state index contributed by atoms with van der Waals surface area (Å²) in [5, 5.41) is 3.50. The van der Waals surface area contributed by atoms with Crippen LogP contribution in [0.25, 0.3) is 0 Å². The topological polar surface area (TPSA) is 36.9 Å². The zero-order chi connectivity index (χ0) is 16.1. The van der Waals surface area contributed by atoms with E-state index in [-0.39, 0.29) is 4.75 Å². The van der Waals surface area contributed by atoms with E-state index in [1.54, 1.807) is 0 Å². The molecule has 2 saturated heterocycles. The van der Waals surface area contributed by atoms with Crippen LogP contribution in [-0.4, -0.2) is 60.8 Å². The zero-order valence-electron chi connectivity index (χ0n) is 14.8. The highest BCUT2D eigenvalue weighted by molar-refractivity contribution is 8.00. The van der Waals surface area contributed by atoms with Crippen LogP contribution in [-0.2, 0) is 4.74 Å². The van der Waals surface area contributed by atoms with Gasteiger partial charge in [-0.15, -0.1) is 0 Å². The van der Waals surface area contributed by atoms with Gasteiger partial charge >= 0.3 is 0 Å². The van der Waals surface area contributed by atoms with E-state index in [2.05, 4.69) is 49.7 Å². The molecule has 1 N–H and O–H groups in total. The van der Waals surface area contributed by atoms with Gasteiger partial charge in [-0.1, -0.05) is 20.8 Å². The van der Waals surface area contributed by atoms with Crippen molar-refractivity contribution in [2.45, 2.75) is 51.7 Å². The molecule has 0 bridgehead atoms. The van der Waals surface area contributed by atoms with Crippen molar-refractivity contribution in [3.8, 4) is 0 Å². The second kappa shape index (κ2) is 7.91. The van der Waals surface area contributed by atoms with E-state index in [0.29, 0.717) is 5.41 Å². The van der Waals surface area contributed by atoms with Crippen LogP contribution in [0.3, 0.4) is 0 Å². The summed E-state index contributed by atoms with van der Waals surface area (Å²) >= 11 is 2.07. The third-order valence-electron chi connectivity index (χ3n) is 4.68. The Balaban J connectivity index is 2.05. The number of thioether (sulfide) groups is 1. The fourth-order valence-corrected chi connectivity index (χ4v) is 4.56. The number of rotatable bonds is 5. The molecule has 0 aromatic rings. The largest absolute Gasteiger partial charge is 0.381 e. The van der Waals surface area contributed by atoms with Crippen molar-refractivity contribution < 1.29 is 4.74 Å². The number of likely N-dealkylation sites (tertiary alicyclic amines) is 1. The molecular weight excluding hydrogens is 294 g/mol. The summed E-state index contributed by atoms with van der Waals surface area (Å²) in [5.41, 5.74) is 0.407. The SMILES string of the molecule is CCNC(=NCC1(SCC)CCOCC1)N1CCC(C)(C)C1. The van der Waals surface area contributed by atoms with Crippen LogP contribution in [0.4, 0.5) is 0 Å². The Kier molecular flexibility index (Phi) is 6.45. The molecule has 0 saturated carbocycles. The van der Waals surface area contributed by atoms with Crippen LogP contribution in [0.1, 0.15) is 47.0 Å². The Morgan fingerprint density at radius 2 is 1.95 bits per heavy atom. The average molecular weight is 328 g/mol. The first-order valence-electron chi connectivity index (χ1n) is 8.75. The maximum Gasteiger partial charge on any atom is 0.193 e. The lowest BCUT2D eigenvalue weighted by Crippen LogP contribution is -2.43. The molecule has 0 aromatic carbocycles. The second-order valence-electron chi connectivity index (χ2n) is 7.23. The van der Waals surface area contributed by atoms with E-state index in [1.165, 1.54) is 6.42 Å². The molecule has 2 heterocycles. The van der Waals surface area contributed by atoms with Crippen LogP contribution in [0.2, 0.25) is 0 Å². The predicted octanol–water partition coefficient (Wildman–Crippen LogP) is 2.99. The van der Waals surface area contributed by atoms with E-state index < -0.39 is 0 Å². The number of ether oxygens (including phenoxy) is 1. The molecule has 0 aromatic heterocycles. The van der Waals surface area contributed by atoms with Crippen molar-refractivity contribution in [1.82, 2.24) is 10.2 Å². The van der Waals surface area contributed by atoms with Gasteiger partial charge in [-0.3, -0.25) is 4.99 Å². The standard InChI is InChI=1S/C17H33N3OS/c1-5-18-15(20-10-7-16(3,4)14-20)19-13-17(22-6-2)8-11-21-12-9-17/h5-14H2,1-4H3,(H,18,19). The molecule has 2 fully saturated rings. The normalized spacial score (nSPS) is 24.5. The van der Waals surface area contributed by atoms with Gasteiger partial charge in [0.05, 0.1) is 6.54 Å². The fourth-order valence-electron chi connectivity index (χ4n) is 3.34. The van der Waals surface area contributed by atoms with Crippen molar-refractivity contribution in [3.05, 3.63) is 0 Å². The van der Waals surface area contributed by atoms with E-state index in [0.717, 1.165) is 63.9 Å². The van der Waals surface area contributed by atoms with Crippen LogP contribution in [0, 0.1) is 5.41 Å². The fraction of sp³-hybridized carbons (Fsp3) is 0.941. The summed E-state index contributed by atoms with van der Waals surface area (Å²) in [4.78, 5) is 7.47. The van der Waals surface area contributed by atoms with Gasteiger partial charge in [0.2, 0.25) is 0 Å². The monoisotopic (exact) mass is 327 g/mol. The molecule has 0 radical (unpaired) electrons. The Labute approximate surface area is 140 Å². The van der Waals surface area contributed by atoms with Crippen LogP contribution >= 0.6 is 11.8 Å². The smallest absolute Gasteiger partial charge is 0.193 e. The third-order valence-corrected chi connectivity index (χ3v) is 6.12. The molecular formula is C17H33N3OS. The first-order chi connectivity index (χ1) is 10.5. The molecule has 0 aliphatic carbocycles. The Hall–Kier alpha value is -0.420. The summed E-state index contributed by atoms with van der Waals surface area (Å²) in [6.45, 7) is 15.0. The van der Waals surface area contributed by atoms with Crippen LogP contribution < -0.4 is 5.32 Å². The molecule has 0 spiro atoms. The van der Waals surface area contributed by atoms with Crippen molar-refractivity contribution in [3.63, 3.8) is 0 Å². The highest BCUT2D eigenvalue weighted by Gasteiger charge is 2.34. The molecule has 22 heavy (non-hydrogen) atoms. The Bertz CT molecular complexity index is 373.